The van der Waals surface area contributed by atoms with Crippen molar-refractivity contribution < 1.29 is 23.1 Å². The third-order valence-electron chi connectivity index (χ3n) is 3.56. The molecule has 1 aliphatic carbocycles. The van der Waals surface area contributed by atoms with Gasteiger partial charge < -0.3 is 10.4 Å². The molecule has 1 aromatic rings. The smallest absolute Gasteiger partial charge is 0.391 e. The number of rotatable bonds is 3. The molecule has 0 spiro atoms. The number of carbonyl (C=O) groups excluding carboxylic acids is 1. The molecule has 1 saturated carbocycles. The maximum absolute atomic E-state index is 12.4. The van der Waals surface area contributed by atoms with Crippen LogP contribution in [0.4, 0.5) is 13.2 Å². The van der Waals surface area contributed by atoms with Gasteiger partial charge >= 0.3 is 6.18 Å². The lowest BCUT2D eigenvalue weighted by molar-refractivity contribution is -0.141. The number of aliphatic hydroxyl groups is 1. The molecule has 118 valence electrons. The standard InChI is InChI=1S/C13H18F3N3O2/c14-13(15,16)11-6-7-19(18-11)8-12(21)17-9-4-2-1-3-5-10(9)20/h6-7,9-10,20H,1-5,8H2,(H,17,21). The van der Waals surface area contributed by atoms with Gasteiger partial charge in [0, 0.05) is 6.20 Å². The quantitative estimate of drug-likeness (QED) is 0.836. The fraction of sp³-hybridized carbons (Fsp3) is 0.692. The Morgan fingerprint density at radius 2 is 2.10 bits per heavy atom. The zero-order valence-electron chi connectivity index (χ0n) is 11.4. The molecule has 1 aliphatic rings. The van der Waals surface area contributed by atoms with Crippen LogP contribution in [0.5, 0.6) is 0 Å². The Balaban J connectivity index is 1.90. The molecule has 1 heterocycles. The second-order valence-electron chi connectivity index (χ2n) is 5.28. The van der Waals surface area contributed by atoms with Crippen LogP contribution in [-0.2, 0) is 17.5 Å². The SMILES string of the molecule is O=C(Cn1ccc(C(F)(F)F)n1)NC1CCCCCC1O. The van der Waals surface area contributed by atoms with Crippen LogP contribution >= 0.6 is 0 Å². The fourth-order valence-corrected chi connectivity index (χ4v) is 2.46. The molecule has 2 unspecified atom stereocenters. The van der Waals surface area contributed by atoms with Gasteiger partial charge in [0.05, 0.1) is 12.1 Å². The van der Waals surface area contributed by atoms with Crippen LogP contribution in [0, 0.1) is 0 Å². The highest BCUT2D eigenvalue weighted by Gasteiger charge is 2.33. The molecule has 21 heavy (non-hydrogen) atoms. The lowest BCUT2D eigenvalue weighted by atomic mass is 10.1. The molecule has 1 aromatic heterocycles. The van der Waals surface area contributed by atoms with Gasteiger partial charge in [-0.15, -0.1) is 0 Å². The molecule has 0 aromatic carbocycles. The van der Waals surface area contributed by atoms with Crippen LogP contribution < -0.4 is 5.32 Å². The first-order chi connectivity index (χ1) is 9.86. The molecule has 0 aliphatic heterocycles. The van der Waals surface area contributed by atoms with Crippen molar-refractivity contribution in [3.05, 3.63) is 18.0 Å². The van der Waals surface area contributed by atoms with Crippen LogP contribution in [0.15, 0.2) is 12.3 Å². The van der Waals surface area contributed by atoms with Crippen molar-refractivity contribution in [3.63, 3.8) is 0 Å². The topological polar surface area (TPSA) is 67.2 Å². The minimum absolute atomic E-state index is 0.292. The average Bonchev–Trinajstić information content (AvgIpc) is 2.76. The predicted octanol–water partition coefficient (Wildman–Crippen LogP) is 1.71. The Morgan fingerprint density at radius 3 is 2.76 bits per heavy atom. The second kappa shape index (κ2) is 6.46. The summed E-state index contributed by atoms with van der Waals surface area (Å²) in [6.45, 7) is -0.292. The highest BCUT2D eigenvalue weighted by atomic mass is 19.4. The number of hydrogen-bond donors (Lipinski definition) is 2. The van der Waals surface area contributed by atoms with Crippen LogP contribution in [0.1, 0.15) is 37.8 Å². The Kier molecular flexibility index (Phi) is 4.87. The van der Waals surface area contributed by atoms with Gasteiger partial charge in [0.2, 0.25) is 5.91 Å². The van der Waals surface area contributed by atoms with Gasteiger partial charge in [-0.05, 0) is 18.9 Å². The lowest BCUT2D eigenvalue weighted by Crippen LogP contribution is -2.44. The Labute approximate surface area is 120 Å². The Morgan fingerprint density at radius 1 is 1.38 bits per heavy atom. The van der Waals surface area contributed by atoms with E-state index >= 15 is 0 Å². The predicted molar refractivity (Wildman–Crippen MR) is 68.3 cm³/mol. The minimum atomic E-state index is -4.51. The number of nitrogens with zero attached hydrogens (tertiary/aromatic N) is 2. The molecule has 1 fully saturated rings. The average molecular weight is 305 g/mol. The van der Waals surface area contributed by atoms with Gasteiger partial charge in [-0.3, -0.25) is 9.48 Å². The molecule has 2 N–H and O–H groups in total. The summed E-state index contributed by atoms with van der Waals surface area (Å²) in [5.74, 6) is -0.447. The van der Waals surface area contributed by atoms with E-state index in [0.717, 1.165) is 36.2 Å². The van der Waals surface area contributed by atoms with E-state index in [1.807, 2.05) is 0 Å². The van der Waals surface area contributed by atoms with Gasteiger partial charge in [-0.1, -0.05) is 19.3 Å². The zero-order chi connectivity index (χ0) is 15.5. The van der Waals surface area contributed by atoms with Crippen molar-refractivity contribution in [3.8, 4) is 0 Å². The van der Waals surface area contributed by atoms with E-state index in [9.17, 15) is 23.1 Å². The molecule has 0 radical (unpaired) electrons. The van der Waals surface area contributed by atoms with Crippen molar-refractivity contribution in [1.82, 2.24) is 15.1 Å². The third-order valence-corrected chi connectivity index (χ3v) is 3.56. The largest absolute Gasteiger partial charge is 0.435 e. The number of aliphatic hydroxyl groups excluding tert-OH is 1. The number of halogens is 3. The number of aromatic nitrogens is 2. The molecule has 5 nitrogen and oxygen atoms in total. The van der Waals surface area contributed by atoms with Crippen molar-refractivity contribution in [2.75, 3.05) is 0 Å². The van der Waals surface area contributed by atoms with Gasteiger partial charge in [-0.25, -0.2) is 0 Å². The number of hydrogen-bond acceptors (Lipinski definition) is 3. The zero-order valence-corrected chi connectivity index (χ0v) is 11.4. The molecular weight excluding hydrogens is 287 g/mol. The monoisotopic (exact) mass is 305 g/mol. The lowest BCUT2D eigenvalue weighted by Gasteiger charge is -2.21. The maximum atomic E-state index is 12.4. The van der Waals surface area contributed by atoms with E-state index in [2.05, 4.69) is 10.4 Å². The number of amides is 1. The summed E-state index contributed by atoms with van der Waals surface area (Å²) in [5, 5.41) is 15.9. The van der Waals surface area contributed by atoms with Crippen LogP contribution in [0.2, 0.25) is 0 Å². The molecule has 8 heteroatoms. The number of alkyl halides is 3. The first-order valence-electron chi connectivity index (χ1n) is 6.94. The van der Waals surface area contributed by atoms with E-state index in [-0.39, 0.29) is 12.6 Å². The first-order valence-corrected chi connectivity index (χ1v) is 6.94. The normalized spacial score (nSPS) is 23.6. The van der Waals surface area contributed by atoms with Crippen LogP contribution in [0.25, 0.3) is 0 Å². The summed E-state index contributed by atoms with van der Waals surface area (Å²) in [6.07, 6.45) is 0.164. The summed E-state index contributed by atoms with van der Waals surface area (Å²) in [6, 6.07) is 0.492. The van der Waals surface area contributed by atoms with E-state index < -0.39 is 23.9 Å². The third kappa shape index (κ3) is 4.45. The summed E-state index contributed by atoms with van der Waals surface area (Å²) in [7, 11) is 0. The van der Waals surface area contributed by atoms with E-state index in [1.165, 1.54) is 0 Å². The first kappa shape index (κ1) is 15.8. The minimum Gasteiger partial charge on any atom is -0.391 e. The van der Waals surface area contributed by atoms with Crippen LogP contribution in [0.3, 0.4) is 0 Å². The fourth-order valence-electron chi connectivity index (χ4n) is 2.46. The maximum Gasteiger partial charge on any atom is 0.435 e. The van der Waals surface area contributed by atoms with Gasteiger partial charge in [0.25, 0.3) is 0 Å². The summed E-state index contributed by atoms with van der Waals surface area (Å²) >= 11 is 0. The summed E-state index contributed by atoms with van der Waals surface area (Å²) < 4.78 is 38.1. The molecular formula is C13H18F3N3O2. The highest BCUT2D eigenvalue weighted by Crippen LogP contribution is 2.27. The van der Waals surface area contributed by atoms with Crippen molar-refractivity contribution in [1.29, 1.82) is 0 Å². The summed E-state index contributed by atoms with van der Waals surface area (Å²) in [4.78, 5) is 11.8. The molecule has 1 amide bonds. The molecule has 2 atom stereocenters. The molecule has 0 bridgehead atoms. The van der Waals surface area contributed by atoms with Crippen molar-refractivity contribution >= 4 is 5.91 Å². The van der Waals surface area contributed by atoms with E-state index in [1.54, 1.807) is 0 Å². The molecule has 0 saturated heterocycles. The van der Waals surface area contributed by atoms with Gasteiger partial charge in [-0.2, -0.15) is 18.3 Å². The second-order valence-corrected chi connectivity index (χ2v) is 5.28. The summed E-state index contributed by atoms with van der Waals surface area (Å²) in [5.41, 5.74) is -1.02. The van der Waals surface area contributed by atoms with Crippen molar-refractivity contribution in [2.24, 2.45) is 0 Å². The number of carbonyl (C=O) groups is 1. The van der Waals surface area contributed by atoms with E-state index in [0.29, 0.717) is 12.8 Å². The Hall–Kier alpha value is -1.57. The van der Waals surface area contributed by atoms with Crippen LogP contribution in [-0.4, -0.2) is 32.9 Å². The van der Waals surface area contributed by atoms with Gasteiger partial charge in [0.1, 0.15) is 6.54 Å². The number of nitrogens with one attached hydrogen (secondary N) is 1. The van der Waals surface area contributed by atoms with Gasteiger partial charge in [0.15, 0.2) is 5.69 Å². The molecule has 2 rings (SSSR count). The highest BCUT2D eigenvalue weighted by molar-refractivity contribution is 5.76. The van der Waals surface area contributed by atoms with E-state index in [4.69, 9.17) is 0 Å². The van der Waals surface area contributed by atoms with Crippen molar-refractivity contribution in [2.45, 2.75) is 57.0 Å². The Bertz CT molecular complexity index is 487.